The molecule has 0 bridgehead atoms. The highest BCUT2D eigenvalue weighted by Gasteiger charge is 2.40. The van der Waals surface area contributed by atoms with Crippen LogP contribution in [0.15, 0.2) is 91.0 Å². The van der Waals surface area contributed by atoms with Gasteiger partial charge in [-0.05, 0) is 148 Å². The zero-order valence-electron chi connectivity index (χ0n) is 47.6. The number of hydrogen-bond acceptors (Lipinski definition) is 12. The maximum atomic E-state index is 14.3. The average molecular weight is 1120 g/mol. The number of nitrogens with one attached hydrogen (secondary N) is 2. The number of rotatable bonds is 23. The first-order valence-corrected chi connectivity index (χ1v) is 30.3. The summed E-state index contributed by atoms with van der Waals surface area (Å²) in [6.45, 7) is 14.3. The molecular weight excluding hydrogens is 1050 g/mol. The van der Waals surface area contributed by atoms with Crippen LogP contribution < -0.4 is 39.5 Å². The molecule has 0 saturated carbocycles. The lowest BCUT2D eigenvalue weighted by Crippen LogP contribution is -2.41. The molecule has 0 spiro atoms. The van der Waals surface area contributed by atoms with Crippen LogP contribution in [0.2, 0.25) is 0 Å². The first-order valence-electron chi connectivity index (χ1n) is 28.1. The first-order chi connectivity index (χ1) is 38.3. The second kappa shape index (κ2) is 24.9. The summed E-state index contributed by atoms with van der Waals surface area (Å²) in [5.41, 5.74) is 9.84. The normalized spacial score (nSPS) is 17.3. The Hall–Kier alpha value is -6.78. The molecule has 0 saturated heterocycles. The molecule has 0 aliphatic carbocycles. The Morgan fingerprint density at radius 2 is 1.39 bits per heavy atom. The molecule has 4 aliphatic rings. The predicted octanol–water partition coefficient (Wildman–Crippen LogP) is 11.8. The van der Waals surface area contributed by atoms with Gasteiger partial charge in [0.05, 0.1) is 30.4 Å². The van der Waals surface area contributed by atoms with Crippen molar-refractivity contribution in [1.29, 1.82) is 0 Å². The number of anilines is 4. The number of carbonyl (C=O) groups excluding carboxylic acids is 6. The average Bonchev–Trinajstić information content (AvgIpc) is 3.95. The smallest absolute Gasteiger partial charge is 0.260 e. The molecule has 0 aromatic heterocycles. The summed E-state index contributed by atoms with van der Waals surface area (Å²) in [6, 6.07) is 28.6. The number of methoxy groups -OCH3 is 1. The van der Waals surface area contributed by atoms with Crippen molar-refractivity contribution in [2.75, 3.05) is 40.7 Å². The Morgan fingerprint density at radius 3 is 2.06 bits per heavy atom. The van der Waals surface area contributed by atoms with E-state index in [2.05, 4.69) is 48.4 Å². The van der Waals surface area contributed by atoms with E-state index in [9.17, 15) is 28.8 Å². The van der Waals surface area contributed by atoms with E-state index in [-0.39, 0.29) is 78.1 Å². The van der Waals surface area contributed by atoms with Crippen LogP contribution in [0.3, 0.4) is 0 Å². The fourth-order valence-electron chi connectivity index (χ4n) is 11.3. The lowest BCUT2D eigenvalue weighted by atomic mass is 9.99. The molecule has 4 amide bonds. The molecule has 2 N–H and O–H groups in total. The standard InChI is InChI=1S/C64H75N5O9S2/c1-10-50(70)22-19-40(4)79-80-64(6,7)24-23-60(72)65-41(5)56(71)26-39(3)61(73)66-47-28-42(36-77-57-34-55-52(25-38(57)2)63(75)69-49(35-67(55)8)31-46-16-12-14-18-54(46)69)27-43(29-47)37-78-59-32-44-20-21-48-30-45-15-11-13-17-53(45)68(48)62(74)51(44)33-58(59)76-9/h11-18,25,27-29,32-34,39-41,48-49H,10,19-24,26,30-31,35-37H2,1-9H3,(H,65,72)(H,66,73)/t39-,40?,41+,48-,49+/m1/s1. The minimum absolute atomic E-state index is 0.00210. The molecule has 4 aliphatic heterocycles. The number of likely N-dealkylation sites (N-methyl/N-ethyl adjacent to an activating group) is 1. The molecular formula is C64H75N5O9S2. The zero-order chi connectivity index (χ0) is 57.0. The number of para-hydroxylation sites is 2. The van der Waals surface area contributed by atoms with Crippen LogP contribution in [0.4, 0.5) is 22.7 Å². The van der Waals surface area contributed by atoms with Crippen LogP contribution in [-0.2, 0) is 51.7 Å². The lowest BCUT2D eigenvalue weighted by Gasteiger charge is -2.25. The number of amides is 4. The maximum absolute atomic E-state index is 14.3. The van der Waals surface area contributed by atoms with E-state index in [0.717, 1.165) is 65.0 Å². The highest BCUT2D eigenvalue weighted by atomic mass is 33.1. The molecule has 5 aromatic carbocycles. The van der Waals surface area contributed by atoms with Crippen molar-refractivity contribution in [1.82, 2.24) is 5.32 Å². The van der Waals surface area contributed by atoms with E-state index in [1.54, 1.807) is 48.6 Å². The summed E-state index contributed by atoms with van der Waals surface area (Å²) in [7, 11) is 7.01. The molecule has 422 valence electrons. The lowest BCUT2D eigenvalue weighted by molar-refractivity contribution is -0.129. The molecule has 0 fully saturated rings. The number of fused-ring (bicyclic) bond motifs is 8. The van der Waals surface area contributed by atoms with Crippen molar-refractivity contribution in [3.8, 4) is 17.2 Å². The van der Waals surface area contributed by atoms with Gasteiger partial charge in [0.15, 0.2) is 17.3 Å². The topological polar surface area (TPSA) is 164 Å². The van der Waals surface area contributed by atoms with E-state index in [4.69, 9.17) is 14.2 Å². The maximum Gasteiger partial charge on any atom is 0.260 e. The van der Waals surface area contributed by atoms with E-state index < -0.39 is 12.0 Å². The third-order valence-corrected chi connectivity index (χ3v) is 19.9. The zero-order valence-corrected chi connectivity index (χ0v) is 49.2. The summed E-state index contributed by atoms with van der Waals surface area (Å²) in [4.78, 5) is 86.9. The van der Waals surface area contributed by atoms with Crippen molar-refractivity contribution in [2.24, 2.45) is 5.92 Å². The number of hydrogen-bond donors (Lipinski definition) is 2. The van der Waals surface area contributed by atoms with Gasteiger partial charge in [0.1, 0.15) is 24.7 Å². The third-order valence-electron chi connectivity index (χ3n) is 15.9. The number of carbonyl (C=O) groups is 6. The van der Waals surface area contributed by atoms with Gasteiger partial charge in [-0.3, -0.25) is 28.8 Å². The number of benzene rings is 5. The monoisotopic (exact) mass is 1120 g/mol. The largest absolute Gasteiger partial charge is 0.493 e. The number of ether oxygens (including phenoxy) is 3. The minimum atomic E-state index is -0.789. The summed E-state index contributed by atoms with van der Waals surface area (Å²) in [6.07, 6.45) is 5.78. The third kappa shape index (κ3) is 13.2. The SMILES string of the molecule is CCC(=O)CCC(C)SSC(C)(C)CCC(=O)N[C@@H](C)C(=O)C[C@@H](C)C(=O)Nc1cc(COc2cc3c(cc2C)C(=O)N2c4ccccc4C[C@H]2CN3C)cc(COc2cc3c(cc2OC)C(=O)N2c4ccccc4C[C@H]2CC3)c1. The molecule has 9 rings (SSSR count). The Balaban J connectivity index is 0.888. The molecule has 16 heteroatoms. The van der Waals surface area contributed by atoms with Crippen molar-refractivity contribution in [2.45, 2.75) is 154 Å². The van der Waals surface area contributed by atoms with E-state index >= 15 is 0 Å². The predicted molar refractivity (Wildman–Crippen MR) is 320 cm³/mol. The summed E-state index contributed by atoms with van der Waals surface area (Å²) in [5, 5.41) is 6.21. The Labute approximate surface area is 478 Å². The van der Waals surface area contributed by atoms with Gasteiger partial charge in [0.2, 0.25) is 11.8 Å². The Morgan fingerprint density at radius 1 is 0.750 bits per heavy atom. The first kappa shape index (κ1) is 57.9. The molecule has 4 heterocycles. The highest BCUT2D eigenvalue weighted by molar-refractivity contribution is 8.77. The van der Waals surface area contributed by atoms with Crippen molar-refractivity contribution >= 4 is 79.5 Å². The second-order valence-corrected chi connectivity index (χ2v) is 26.0. The number of ketones is 2. The van der Waals surface area contributed by atoms with Gasteiger partial charge in [-0.15, -0.1) is 0 Å². The molecule has 0 radical (unpaired) electrons. The minimum Gasteiger partial charge on any atom is -0.493 e. The molecule has 5 aromatic rings. The van der Waals surface area contributed by atoms with Gasteiger partial charge in [-0.2, -0.15) is 0 Å². The van der Waals surface area contributed by atoms with Gasteiger partial charge in [0, 0.05) is 89.9 Å². The number of nitrogens with zero attached hydrogens (tertiary/aromatic N) is 3. The highest BCUT2D eigenvalue weighted by Crippen LogP contribution is 2.44. The van der Waals surface area contributed by atoms with Gasteiger partial charge < -0.3 is 39.5 Å². The fraction of sp³-hybridized carbons (Fsp3) is 0.438. The molecule has 80 heavy (non-hydrogen) atoms. The van der Waals surface area contributed by atoms with E-state index in [0.29, 0.717) is 71.5 Å². The van der Waals surface area contributed by atoms with Gasteiger partial charge in [0.25, 0.3) is 11.8 Å². The Kier molecular flexibility index (Phi) is 18.0. The van der Waals surface area contributed by atoms with Gasteiger partial charge in [-0.25, -0.2) is 0 Å². The van der Waals surface area contributed by atoms with E-state index in [1.807, 2.05) is 103 Å². The Bertz CT molecular complexity index is 3200. The van der Waals surface area contributed by atoms with Crippen LogP contribution in [0.25, 0.3) is 0 Å². The second-order valence-electron chi connectivity index (χ2n) is 22.7. The number of aryl methyl sites for hydroxylation is 2. The van der Waals surface area contributed by atoms with Crippen LogP contribution in [0, 0.1) is 12.8 Å². The fourth-order valence-corrected chi connectivity index (χ4v) is 13.9. The van der Waals surface area contributed by atoms with Crippen LogP contribution in [0.5, 0.6) is 17.2 Å². The van der Waals surface area contributed by atoms with Crippen molar-refractivity contribution < 1.29 is 43.0 Å². The van der Waals surface area contributed by atoms with Gasteiger partial charge >= 0.3 is 0 Å². The quantitative estimate of drug-likeness (QED) is 0.0596. The van der Waals surface area contributed by atoms with Crippen LogP contribution >= 0.6 is 21.6 Å². The van der Waals surface area contributed by atoms with Crippen molar-refractivity contribution in [3.63, 3.8) is 0 Å². The van der Waals surface area contributed by atoms with Gasteiger partial charge in [-0.1, -0.05) is 78.8 Å². The summed E-state index contributed by atoms with van der Waals surface area (Å²) >= 11 is 0. The molecule has 1 unspecified atom stereocenters. The van der Waals surface area contributed by atoms with Crippen LogP contribution in [0.1, 0.15) is 141 Å². The van der Waals surface area contributed by atoms with Crippen LogP contribution in [-0.4, -0.2) is 84.0 Å². The van der Waals surface area contributed by atoms with Crippen molar-refractivity contribution in [3.05, 3.63) is 136 Å². The number of Topliss-reactive ketones (excluding diaryl/α,β-unsaturated/α-hetero) is 2. The van der Waals surface area contributed by atoms with E-state index in [1.165, 1.54) is 11.1 Å². The summed E-state index contributed by atoms with van der Waals surface area (Å²) < 4.78 is 18.8. The molecule has 5 atom stereocenters. The summed E-state index contributed by atoms with van der Waals surface area (Å²) in [5.74, 6) is 0.105. The molecule has 14 nitrogen and oxygen atoms in total.